The lowest BCUT2D eigenvalue weighted by molar-refractivity contribution is -0.182. The van der Waals surface area contributed by atoms with Crippen molar-refractivity contribution in [2.45, 2.75) is 37.9 Å². The average Bonchev–Trinajstić information content (AvgIpc) is 2.38. The number of halogens is 3. The Bertz CT molecular complexity index is 480. The second kappa shape index (κ2) is 5.73. The molecule has 0 bridgehead atoms. The topological polar surface area (TPSA) is 55.1 Å². The quantitative estimate of drug-likeness (QED) is 0.821. The third-order valence-electron chi connectivity index (χ3n) is 3.67. The average molecular weight is 286 g/mol. The molecule has 0 heterocycles. The van der Waals surface area contributed by atoms with E-state index in [2.05, 4.69) is 5.32 Å². The van der Waals surface area contributed by atoms with Crippen LogP contribution >= 0.6 is 0 Å². The van der Waals surface area contributed by atoms with Gasteiger partial charge in [-0.3, -0.25) is 4.79 Å². The summed E-state index contributed by atoms with van der Waals surface area (Å²) in [5.74, 6) is -1.52. The van der Waals surface area contributed by atoms with Crippen molar-refractivity contribution in [1.29, 1.82) is 0 Å². The monoisotopic (exact) mass is 286 g/mol. The van der Waals surface area contributed by atoms with E-state index in [0.717, 1.165) is 0 Å². The highest BCUT2D eigenvalue weighted by Gasteiger charge is 2.41. The van der Waals surface area contributed by atoms with Crippen molar-refractivity contribution in [2.24, 2.45) is 5.92 Å². The van der Waals surface area contributed by atoms with Gasteiger partial charge in [0.15, 0.2) is 0 Å². The summed E-state index contributed by atoms with van der Waals surface area (Å²) in [6.07, 6.45) is -3.25. The minimum absolute atomic E-state index is 0.0748. The van der Waals surface area contributed by atoms with Crippen molar-refractivity contribution < 1.29 is 18.0 Å². The number of anilines is 1. The van der Waals surface area contributed by atoms with Crippen molar-refractivity contribution in [1.82, 2.24) is 5.32 Å². The predicted octanol–water partition coefficient (Wildman–Crippen LogP) is 3.12. The molecule has 2 rings (SSSR count). The summed E-state index contributed by atoms with van der Waals surface area (Å²) in [5.41, 5.74) is 6.51. The van der Waals surface area contributed by atoms with E-state index in [0.29, 0.717) is 24.1 Å². The number of amides is 1. The molecule has 1 aliphatic carbocycles. The fourth-order valence-electron chi connectivity index (χ4n) is 2.51. The summed E-state index contributed by atoms with van der Waals surface area (Å²) >= 11 is 0. The lowest BCUT2D eigenvalue weighted by Gasteiger charge is -2.30. The van der Waals surface area contributed by atoms with Crippen molar-refractivity contribution in [3.63, 3.8) is 0 Å². The molecule has 0 aromatic heterocycles. The zero-order valence-electron chi connectivity index (χ0n) is 10.9. The van der Waals surface area contributed by atoms with Gasteiger partial charge in [-0.05, 0) is 43.9 Å². The molecule has 0 saturated heterocycles. The summed E-state index contributed by atoms with van der Waals surface area (Å²) < 4.78 is 37.6. The summed E-state index contributed by atoms with van der Waals surface area (Å²) in [5, 5.41) is 2.77. The van der Waals surface area contributed by atoms with E-state index in [4.69, 9.17) is 5.73 Å². The zero-order chi connectivity index (χ0) is 14.8. The standard InChI is InChI=1S/C14H17F3N2O/c15-14(16,17)10-4-6-12(7-5-10)19-13(20)9-2-1-3-11(18)8-9/h1-3,8,10,12H,4-7,18H2,(H,19,20). The van der Waals surface area contributed by atoms with Crippen molar-refractivity contribution >= 4 is 11.6 Å². The van der Waals surface area contributed by atoms with Gasteiger partial charge in [-0.1, -0.05) is 6.07 Å². The van der Waals surface area contributed by atoms with Crippen molar-refractivity contribution in [2.75, 3.05) is 5.73 Å². The number of nitrogens with two attached hydrogens (primary N) is 1. The smallest absolute Gasteiger partial charge is 0.391 e. The minimum atomic E-state index is -4.12. The number of carbonyl (C=O) groups is 1. The molecule has 1 aromatic rings. The molecule has 0 radical (unpaired) electrons. The zero-order valence-corrected chi connectivity index (χ0v) is 10.9. The van der Waals surface area contributed by atoms with Gasteiger partial charge in [0, 0.05) is 17.3 Å². The fraction of sp³-hybridized carbons (Fsp3) is 0.500. The van der Waals surface area contributed by atoms with Crippen LogP contribution in [0, 0.1) is 5.92 Å². The van der Waals surface area contributed by atoms with Gasteiger partial charge >= 0.3 is 6.18 Å². The summed E-state index contributed by atoms with van der Waals surface area (Å²) in [6.45, 7) is 0. The van der Waals surface area contributed by atoms with Crippen LogP contribution in [0.5, 0.6) is 0 Å². The molecule has 3 N–H and O–H groups in total. The molecule has 0 unspecified atom stereocenters. The number of benzene rings is 1. The van der Waals surface area contributed by atoms with Crippen LogP contribution in [-0.4, -0.2) is 18.1 Å². The second-order valence-electron chi connectivity index (χ2n) is 5.19. The predicted molar refractivity (Wildman–Crippen MR) is 70.1 cm³/mol. The van der Waals surface area contributed by atoms with Gasteiger partial charge in [0.1, 0.15) is 0 Å². The molecule has 110 valence electrons. The van der Waals surface area contributed by atoms with Gasteiger partial charge < -0.3 is 11.1 Å². The third-order valence-corrected chi connectivity index (χ3v) is 3.67. The van der Waals surface area contributed by atoms with E-state index in [1.54, 1.807) is 24.3 Å². The Morgan fingerprint density at radius 2 is 1.85 bits per heavy atom. The van der Waals surface area contributed by atoms with Crippen LogP contribution in [0.1, 0.15) is 36.0 Å². The maximum atomic E-state index is 12.5. The van der Waals surface area contributed by atoms with Gasteiger partial charge in [-0.25, -0.2) is 0 Å². The van der Waals surface area contributed by atoms with Gasteiger partial charge in [0.05, 0.1) is 5.92 Å². The van der Waals surface area contributed by atoms with E-state index < -0.39 is 12.1 Å². The Kier molecular flexibility index (Phi) is 4.20. The maximum absolute atomic E-state index is 12.5. The molecule has 0 spiro atoms. The molecule has 20 heavy (non-hydrogen) atoms. The summed E-state index contributed by atoms with van der Waals surface area (Å²) in [7, 11) is 0. The molecule has 1 aromatic carbocycles. The van der Waals surface area contributed by atoms with E-state index in [-0.39, 0.29) is 24.8 Å². The first kappa shape index (κ1) is 14.7. The maximum Gasteiger partial charge on any atom is 0.391 e. The van der Waals surface area contributed by atoms with Crippen LogP contribution in [0.25, 0.3) is 0 Å². The number of hydrogen-bond donors (Lipinski definition) is 2. The SMILES string of the molecule is Nc1cccc(C(=O)NC2CCC(C(F)(F)F)CC2)c1. The van der Waals surface area contributed by atoms with Gasteiger partial charge in [-0.15, -0.1) is 0 Å². The lowest BCUT2D eigenvalue weighted by atomic mass is 9.85. The van der Waals surface area contributed by atoms with Crippen LogP contribution in [0.3, 0.4) is 0 Å². The highest BCUT2D eigenvalue weighted by Crippen LogP contribution is 2.37. The first-order chi connectivity index (χ1) is 9.36. The molecule has 0 atom stereocenters. The van der Waals surface area contributed by atoms with Crippen molar-refractivity contribution in [3.8, 4) is 0 Å². The fourth-order valence-corrected chi connectivity index (χ4v) is 2.51. The summed E-state index contributed by atoms with van der Waals surface area (Å²) in [4.78, 5) is 12.0. The Morgan fingerprint density at radius 1 is 1.20 bits per heavy atom. The largest absolute Gasteiger partial charge is 0.399 e. The Balaban J connectivity index is 1.88. The number of hydrogen-bond acceptors (Lipinski definition) is 2. The highest BCUT2D eigenvalue weighted by molar-refractivity contribution is 5.95. The first-order valence-corrected chi connectivity index (χ1v) is 6.59. The van der Waals surface area contributed by atoms with Gasteiger partial charge in [0.2, 0.25) is 0 Å². The van der Waals surface area contributed by atoms with E-state index in [1.807, 2.05) is 0 Å². The normalized spacial score (nSPS) is 23.4. The Labute approximate surface area is 115 Å². The molecule has 3 nitrogen and oxygen atoms in total. The molecule has 1 aliphatic rings. The molecular weight excluding hydrogens is 269 g/mol. The summed E-state index contributed by atoms with van der Waals surface area (Å²) in [6, 6.07) is 6.34. The molecule has 1 fully saturated rings. The van der Waals surface area contributed by atoms with Crippen LogP contribution in [0.2, 0.25) is 0 Å². The Hall–Kier alpha value is -1.72. The second-order valence-corrected chi connectivity index (χ2v) is 5.19. The number of nitrogens with one attached hydrogen (secondary N) is 1. The number of alkyl halides is 3. The first-order valence-electron chi connectivity index (χ1n) is 6.59. The highest BCUT2D eigenvalue weighted by atomic mass is 19.4. The van der Waals surface area contributed by atoms with E-state index >= 15 is 0 Å². The van der Waals surface area contributed by atoms with Crippen LogP contribution in [0.15, 0.2) is 24.3 Å². The van der Waals surface area contributed by atoms with E-state index in [1.165, 1.54) is 0 Å². The molecular formula is C14H17F3N2O. The molecule has 1 amide bonds. The molecule has 1 saturated carbocycles. The minimum Gasteiger partial charge on any atom is -0.399 e. The Morgan fingerprint density at radius 3 is 2.40 bits per heavy atom. The third kappa shape index (κ3) is 3.65. The van der Waals surface area contributed by atoms with Crippen LogP contribution < -0.4 is 11.1 Å². The lowest BCUT2D eigenvalue weighted by Crippen LogP contribution is -2.40. The number of carbonyl (C=O) groups excluding carboxylic acids is 1. The van der Waals surface area contributed by atoms with Crippen LogP contribution in [0.4, 0.5) is 18.9 Å². The van der Waals surface area contributed by atoms with Crippen LogP contribution in [-0.2, 0) is 0 Å². The van der Waals surface area contributed by atoms with Crippen molar-refractivity contribution in [3.05, 3.63) is 29.8 Å². The van der Waals surface area contributed by atoms with E-state index in [9.17, 15) is 18.0 Å². The van der Waals surface area contributed by atoms with Gasteiger partial charge in [0.25, 0.3) is 5.91 Å². The molecule has 6 heteroatoms. The number of nitrogen functional groups attached to an aromatic ring is 1. The van der Waals surface area contributed by atoms with Gasteiger partial charge in [-0.2, -0.15) is 13.2 Å². The number of rotatable bonds is 2. The molecule has 0 aliphatic heterocycles.